The predicted molar refractivity (Wildman–Crippen MR) is 195 cm³/mol. The number of pyridine rings is 1. The summed E-state index contributed by atoms with van der Waals surface area (Å²) in [7, 11) is 0. The van der Waals surface area contributed by atoms with Gasteiger partial charge in [0.25, 0.3) is 0 Å². The van der Waals surface area contributed by atoms with Crippen molar-refractivity contribution in [3.8, 4) is 56.3 Å². The Morgan fingerprint density at radius 3 is 1.49 bits per heavy atom. The van der Waals surface area contributed by atoms with E-state index < -0.39 is 0 Å². The molecule has 0 atom stereocenters. The predicted octanol–water partition coefficient (Wildman–Crippen LogP) is 11.3. The van der Waals surface area contributed by atoms with Gasteiger partial charge in [0.1, 0.15) is 0 Å². The molecule has 8 rings (SSSR count). The summed E-state index contributed by atoms with van der Waals surface area (Å²) in [5, 5.41) is 12.4. The van der Waals surface area contributed by atoms with Crippen LogP contribution in [0.5, 0.6) is 0 Å². The Hall–Kier alpha value is -6.24. The fraction of sp³-hybridized carbons (Fsp3) is 0.0455. The number of nitriles is 1. The minimum Gasteiger partial charge on any atom is -0.309 e. The van der Waals surface area contributed by atoms with Gasteiger partial charge in [-0.05, 0) is 113 Å². The largest absolute Gasteiger partial charge is 0.309 e. The molecule has 3 heteroatoms. The molecule has 0 bridgehead atoms. The van der Waals surface area contributed by atoms with Gasteiger partial charge in [-0.3, -0.25) is 4.98 Å². The number of benzene rings is 6. The number of aromatic nitrogens is 2. The van der Waals surface area contributed by atoms with E-state index >= 15 is 0 Å². The van der Waals surface area contributed by atoms with Gasteiger partial charge in [0.05, 0.1) is 22.7 Å². The molecule has 2 aromatic heterocycles. The average Bonchev–Trinajstić information content (AvgIpc) is 3.45. The molecule has 0 aliphatic heterocycles. The molecule has 0 fully saturated rings. The number of hydrogen-bond acceptors (Lipinski definition) is 2. The van der Waals surface area contributed by atoms with Crippen molar-refractivity contribution in [1.82, 2.24) is 9.55 Å². The highest BCUT2D eigenvalue weighted by molar-refractivity contribution is 6.11. The molecule has 0 N–H and O–H groups in total. The van der Waals surface area contributed by atoms with Gasteiger partial charge in [-0.25, -0.2) is 0 Å². The lowest BCUT2D eigenvalue weighted by Gasteiger charge is -2.12. The van der Waals surface area contributed by atoms with Gasteiger partial charge in [0, 0.05) is 33.4 Å². The lowest BCUT2D eigenvalue weighted by Crippen LogP contribution is -1.95. The van der Waals surface area contributed by atoms with E-state index in [1.54, 1.807) is 0 Å². The molecular formula is C44H31N3. The van der Waals surface area contributed by atoms with Gasteiger partial charge in [0.15, 0.2) is 0 Å². The summed E-state index contributed by atoms with van der Waals surface area (Å²) in [4.78, 5) is 4.54. The van der Waals surface area contributed by atoms with Crippen molar-refractivity contribution in [3.05, 3.63) is 169 Å². The van der Waals surface area contributed by atoms with E-state index in [0.717, 1.165) is 50.4 Å². The number of fused-ring (bicyclic) bond motifs is 3. The van der Waals surface area contributed by atoms with Crippen molar-refractivity contribution in [2.24, 2.45) is 0 Å². The third-order valence-electron chi connectivity index (χ3n) is 8.97. The standard InChI is InChI=1S/C44H31N3/c1-29-23-38(24-30(2)46-29)36-13-14-37(28-45)40(25-36)33-15-19-39(20-16-33)47-43-21-17-34(31-9-5-3-6-10-31)26-41(43)42-27-35(18-22-44(42)47)32-11-7-4-8-12-32/h3-27H,1-2H3. The molecule has 0 saturated heterocycles. The van der Waals surface area contributed by atoms with Crippen LogP contribution in [-0.2, 0) is 0 Å². The highest BCUT2D eigenvalue weighted by atomic mass is 15.0. The first-order valence-electron chi connectivity index (χ1n) is 15.9. The first-order chi connectivity index (χ1) is 23.1. The van der Waals surface area contributed by atoms with Crippen molar-refractivity contribution in [1.29, 1.82) is 5.26 Å². The van der Waals surface area contributed by atoms with Crippen LogP contribution in [0.1, 0.15) is 17.0 Å². The summed E-state index contributed by atoms with van der Waals surface area (Å²) in [6.07, 6.45) is 0. The monoisotopic (exact) mass is 601 g/mol. The molecular weight excluding hydrogens is 571 g/mol. The van der Waals surface area contributed by atoms with Crippen molar-refractivity contribution in [2.75, 3.05) is 0 Å². The SMILES string of the molecule is Cc1cc(-c2ccc(C#N)c(-c3ccc(-n4c5ccc(-c6ccccc6)cc5c5cc(-c6ccccc6)ccc54)cc3)c2)cc(C)n1. The minimum atomic E-state index is 0.655. The van der Waals surface area contributed by atoms with Gasteiger partial charge in [-0.2, -0.15) is 5.26 Å². The minimum absolute atomic E-state index is 0.655. The molecule has 222 valence electrons. The van der Waals surface area contributed by atoms with Gasteiger partial charge >= 0.3 is 0 Å². The first kappa shape index (κ1) is 28.2. The third-order valence-corrected chi connectivity index (χ3v) is 8.97. The summed E-state index contributed by atoms with van der Waals surface area (Å²) in [6, 6.07) is 55.9. The number of aryl methyl sites for hydroxylation is 2. The Morgan fingerprint density at radius 2 is 0.957 bits per heavy atom. The maximum Gasteiger partial charge on any atom is 0.0998 e. The molecule has 0 radical (unpaired) electrons. The summed E-state index contributed by atoms with van der Waals surface area (Å²) in [6.45, 7) is 4.03. The van der Waals surface area contributed by atoms with Crippen LogP contribution in [0.15, 0.2) is 152 Å². The zero-order valence-electron chi connectivity index (χ0n) is 26.3. The molecule has 0 saturated carbocycles. The first-order valence-corrected chi connectivity index (χ1v) is 15.9. The highest BCUT2D eigenvalue weighted by Crippen LogP contribution is 2.38. The van der Waals surface area contributed by atoms with Gasteiger partial charge in [-0.1, -0.05) is 91.0 Å². The Morgan fingerprint density at radius 1 is 0.468 bits per heavy atom. The smallest absolute Gasteiger partial charge is 0.0998 e. The van der Waals surface area contributed by atoms with Crippen LogP contribution < -0.4 is 0 Å². The van der Waals surface area contributed by atoms with Gasteiger partial charge in [-0.15, -0.1) is 0 Å². The van der Waals surface area contributed by atoms with Crippen molar-refractivity contribution < 1.29 is 0 Å². The fourth-order valence-electron chi connectivity index (χ4n) is 6.77. The van der Waals surface area contributed by atoms with E-state index in [0.29, 0.717) is 5.56 Å². The molecule has 0 amide bonds. The van der Waals surface area contributed by atoms with E-state index in [1.165, 1.54) is 33.0 Å². The Labute approximate surface area is 274 Å². The highest BCUT2D eigenvalue weighted by Gasteiger charge is 2.16. The van der Waals surface area contributed by atoms with E-state index in [2.05, 4.69) is 155 Å². The zero-order valence-corrected chi connectivity index (χ0v) is 26.3. The second-order valence-corrected chi connectivity index (χ2v) is 12.1. The van der Waals surface area contributed by atoms with E-state index in [9.17, 15) is 5.26 Å². The zero-order chi connectivity index (χ0) is 31.9. The maximum atomic E-state index is 10.0. The maximum absolute atomic E-state index is 10.0. The van der Waals surface area contributed by atoms with E-state index in [1.807, 2.05) is 26.0 Å². The fourth-order valence-corrected chi connectivity index (χ4v) is 6.77. The van der Waals surface area contributed by atoms with Crippen LogP contribution in [0.2, 0.25) is 0 Å². The Balaban J connectivity index is 1.27. The molecule has 8 aromatic rings. The molecule has 3 nitrogen and oxygen atoms in total. The number of hydrogen-bond donors (Lipinski definition) is 0. The number of rotatable bonds is 5. The second kappa shape index (κ2) is 11.6. The lowest BCUT2D eigenvalue weighted by molar-refractivity contribution is 1.12. The van der Waals surface area contributed by atoms with Crippen LogP contribution in [0.3, 0.4) is 0 Å². The van der Waals surface area contributed by atoms with Crippen molar-refractivity contribution in [2.45, 2.75) is 13.8 Å². The van der Waals surface area contributed by atoms with Crippen LogP contribution in [0.25, 0.3) is 72.0 Å². The van der Waals surface area contributed by atoms with E-state index in [-0.39, 0.29) is 0 Å². The van der Waals surface area contributed by atoms with Crippen LogP contribution >= 0.6 is 0 Å². The topological polar surface area (TPSA) is 41.6 Å². The molecule has 0 unspecified atom stereocenters. The summed E-state index contributed by atoms with van der Waals surface area (Å²) in [5.74, 6) is 0. The molecule has 0 spiro atoms. The molecule has 2 heterocycles. The molecule has 6 aromatic carbocycles. The van der Waals surface area contributed by atoms with Crippen LogP contribution in [0.4, 0.5) is 0 Å². The molecule has 0 aliphatic carbocycles. The lowest BCUT2D eigenvalue weighted by atomic mass is 9.94. The van der Waals surface area contributed by atoms with Crippen LogP contribution in [-0.4, -0.2) is 9.55 Å². The van der Waals surface area contributed by atoms with Crippen molar-refractivity contribution in [3.63, 3.8) is 0 Å². The Kier molecular flexibility index (Phi) is 6.97. The van der Waals surface area contributed by atoms with Crippen molar-refractivity contribution >= 4 is 21.8 Å². The van der Waals surface area contributed by atoms with E-state index in [4.69, 9.17) is 0 Å². The van der Waals surface area contributed by atoms with Gasteiger partial charge < -0.3 is 4.57 Å². The second-order valence-electron chi connectivity index (χ2n) is 12.1. The summed E-state index contributed by atoms with van der Waals surface area (Å²) >= 11 is 0. The number of nitrogens with zero attached hydrogens (tertiary/aromatic N) is 3. The third kappa shape index (κ3) is 5.17. The van der Waals surface area contributed by atoms with Crippen LogP contribution in [0, 0.1) is 25.2 Å². The average molecular weight is 602 g/mol. The summed E-state index contributed by atoms with van der Waals surface area (Å²) in [5.41, 5.74) is 14.9. The molecule has 47 heavy (non-hydrogen) atoms. The quantitative estimate of drug-likeness (QED) is 0.197. The van der Waals surface area contributed by atoms with Gasteiger partial charge in [0.2, 0.25) is 0 Å². The molecule has 0 aliphatic rings. The summed E-state index contributed by atoms with van der Waals surface area (Å²) < 4.78 is 2.35. The Bertz CT molecular complexity index is 2350. The normalized spacial score (nSPS) is 11.2.